The SMILES string of the molecule is COc1cc(Br)c(CN=C(N)Nc2cccc(C(C)C)c2)cc1OC. The van der Waals surface area contributed by atoms with E-state index in [0.717, 1.165) is 15.7 Å². The van der Waals surface area contributed by atoms with Crippen LogP contribution < -0.4 is 20.5 Å². The Hall–Kier alpha value is -2.21. The van der Waals surface area contributed by atoms with Gasteiger partial charge in [-0.05, 0) is 41.3 Å². The third-order valence-corrected chi connectivity index (χ3v) is 4.54. The molecule has 0 spiro atoms. The highest BCUT2D eigenvalue weighted by Crippen LogP contribution is 2.33. The number of hydrogen-bond donors (Lipinski definition) is 2. The van der Waals surface area contributed by atoms with Crippen LogP contribution in [0.2, 0.25) is 0 Å². The molecule has 2 aromatic carbocycles. The summed E-state index contributed by atoms with van der Waals surface area (Å²) in [4.78, 5) is 4.41. The topological polar surface area (TPSA) is 68.9 Å². The second-order valence-corrected chi connectivity index (χ2v) is 6.76. The van der Waals surface area contributed by atoms with Crippen molar-refractivity contribution in [3.63, 3.8) is 0 Å². The van der Waals surface area contributed by atoms with E-state index in [1.165, 1.54) is 5.56 Å². The normalized spacial score (nSPS) is 11.5. The molecule has 0 radical (unpaired) electrons. The van der Waals surface area contributed by atoms with Gasteiger partial charge in [-0.2, -0.15) is 0 Å². The second kappa shape index (κ2) is 8.76. The maximum Gasteiger partial charge on any atom is 0.193 e. The Balaban J connectivity index is 2.12. The Labute approximate surface area is 157 Å². The number of benzene rings is 2. The predicted molar refractivity (Wildman–Crippen MR) is 107 cm³/mol. The van der Waals surface area contributed by atoms with Crippen molar-refractivity contribution in [2.24, 2.45) is 10.7 Å². The summed E-state index contributed by atoms with van der Waals surface area (Å²) >= 11 is 3.53. The van der Waals surface area contributed by atoms with Gasteiger partial charge in [0.2, 0.25) is 0 Å². The van der Waals surface area contributed by atoms with Crippen LogP contribution in [0, 0.1) is 0 Å². The number of anilines is 1. The van der Waals surface area contributed by atoms with E-state index in [9.17, 15) is 0 Å². The molecule has 0 aliphatic rings. The maximum absolute atomic E-state index is 6.02. The Morgan fingerprint density at radius 2 is 1.84 bits per heavy atom. The average Bonchev–Trinajstić information content (AvgIpc) is 2.60. The van der Waals surface area contributed by atoms with Gasteiger partial charge in [0, 0.05) is 10.2 Å². The van der Waals surface area contributed by atoms with Crippen LogP contribution >= 0.6 is 15.9 Å². The van der Waals surface area contributed by atoms with Gasteiger partial charge < -0.3 is 20.5 Å². The number of guanidine groups is 1. The number of hydrogen-bond acceptors (Lipinski definition) is 3. The van der Waals surface area contributed by atoms with E-state index in [0.29, 0.717) is 29.9 Å². The summed E-state index contributed by atoms with van der Waals surface area (Å²) in [5.74, 6) is 2.15. The molecule has 5 nitrogen and oxygen atoms in total. The number of nitrogens with zero attached hydrogens (tertiary/aromatic N) is 1. The van der Waals surface area contributed by atoms with Crippen LogP contribution in [-0.4, -0.2) is 20.2 Å². The van der Waals surface area contributed by atoms with Gasteiger partial charge in [-0.25, -0.2) is 4.99 Å². The van der Waals surface area contributed by atoms with Gasteiger partial charge in [-0.3, -0.25) is 0 Å². The molecule has 2 aromatic rings. The minimum absolute atomic E-state index is 0.364. The molecule has 0 fully saturated rings. The molecule has 2 rings (SSSR count). The fourth-order valence-corrected chi connectivity index (χ4v) is 2.80. The largest absolute Gasteiger partial charge is 0.493 e. The van der Waals surface area contributed by atoms with Crippen molar-refractivity contribution in [2.45, 2.75) is 26.3 Å². The number of nitrogens with one attached hydrogen (secondary N) is 1. The summed E-state index contributed by atoms with van der Waals surface area (Å²) in [6, 6.07) is 11.9. The zero-order valence-electron chi connectivity index (χ0n) is 15.0. The van der Waals surface area contributed by atoms with Crippen LogP contribution in [0.1, 0.15) is 30.9 Å². The first kappa shape index (κ1) is 19.1. The van der Waals surface area contributed by atoms with E-state index in [-0.39, 0.29) is 0 Å². The number of nitrogens with two attached hydrogens (primary N) is 1. The van der Waals surface area contributed by atoms with E-state index in [1.807, 2.05) is 24.3 Å². The molecular formula is C19H24BrN3O2. The van der Waals surface area contributed by atoms with Gasteiger partial charge in [0.15, 0.2) is 17.5 Å². The Morgan fingerprint density at radius 3 is 2.48 bits per heavy atom. The lowest BCUT2D eigenvalue weighted by Gasteiger charge is -2.12. The number of aliphatic imine (C=N–C) groups is 1. The van der Waals surface area contributed by atoms with Crippen LogP contribution in [-0.2, 0) is 6.54 Å². The molecule has 6 heteroatoms. The zero-order chi connectivity index (χ0) is 18.4. The first-order chi connectivity index (χ1) is 11.9. The quantitative estimate of drug-likeness (QED) is 0.547. The number of ether oxygens (including phenoxy) is 2. The Kier molecular flexibility index (Phi) is 6.70. The monoisotopic (exact) mass is 405 g/mol. The van der Waals surface area contributed by atoms with Crippen molar-refractivity contribution in [1.29, 1.82) is 0 Å². The fraction of sp³-hybridized carbons (Fsp3) is 0.316. The van der Waals surface area contributed by atoms with E-state index in [4.69, 9.17) is 15.2 Å². The van der Waals surface area contributed by atoms with E-state index >= 15 is 0 Å². The number of methoxy groups -OCH3 is 2. The molecule has 3 N–H and O–H groups in total. The summed E-state index contributed by atoms with van der Waals surface area (Å²) in [5.41, 5.74) is 9.16. The summed E-state index contributed by atoms with van der Waals surface area (Å²) < 4.78 is 11.5. The van der Waals surface area contributed by atoms with Gasteiger partial charge >= 0.3 is 0 Å². The smallest absolute Gasteiger partial charge is 0.193 e. The van der Waals surface area contributed by atoms with Gasteiger partial charge in [-0.1, -0.05) is 41.9 Å². The fourth-order valence-electron chi connectivity index (χ4n) is 2.35. The van der Waals surface area contributed by atoms with Crippen molar-refractivity contribution in [2.75, 3.05) is 19.5 Å². The third-order valence-electron chi connectivity index (χ3n) is 3.80. The van der Waals surface area contributed by atoms with Crippen molar-refractivity contribution in [1.82, 2.24) is 0 Å². The summed E-state index contributed by atoms with van der Waals surface area (Å²) in [6.45, 7) is 4.74. The Bertz CT molecular complexity index is 760. The zero-order valence-corrected chi connectivity index (χ0v) is 16.6. The van der Waals surface area contributed by atoms with Crippen LogP contribution in [0.3, 0.4) is 0 Å². The molecule has 0 unspecified atom stereocenters. The lowest BCUT2D eigenvalue weighted by molar-refractivity contribution is 0.354. The van der Waals surface area contributed by atoms with Gasteiger partial charge in [0.25, 0.3) is 0 Å². The highest BCUT2D eigenvalue weighted by Gasteiger charge is 2.09. The van der Waals surface area contributed by atoms with Crippen molar-refractivity contribution in [3.05, 3.63) is 52.0 Å². The number of halogens is 1. The second-order valence-electron chi connectivity index (χ2n) is 5.91. The molecule has 0 atom stereocenters. The third kappa shape index (κ3) is 5.13. The van der Waals surface area contributed by atoms with Crippen LogP contribution in [0.25, 0.3) is 0 Å². The Morgan fingerprint density at radius 1 is 1.16 bits per heavy atom. The van der Waals surface area contributed by atoms with Crippen molar-refractivity contribution in [3.8, 4) is 11.5 Å². The molecule has 0 bridgehead atoms. The van der Waals surface area contributed by atoms with Crippen molar-refractivity contribution < 1.29 is 9.47 Å². The molecule has 0 saturated carbocycles. The van der Waals surface area contributed by atoms with E-state index in [2.05, 4.69) is 52.2 Å². The highest BCUT2D eigenvalue weighted by atomic mass is 79.9. The number of rotatable bonds is 6. The minimum atomic E-state index is 0.364. The minimum Gasteiger partial charge on any atom is -0.493 e. The molecular weight excluding hydrogens is 382 g/mol. The molecule has 0 saturated heterocycles. The first-order valence-corrected chi connectivity index (χ1v) is 8.81. The van der Waals surface area contributed by atoms with Gasteiger partial charge in [0.1, 0.15) is 0 Å². The molecule has 0 aromatic heterocycles. The van der Waals surface area contributed by atoms with Crippen LogP contribution in [0.4, 0.5) is 5.69 Å². The highest BCUT2D eigenvalue weighted by molar-refractivity contribution is 9.10. The lowest BCUT2D eigenvalue weighted by Crippen LogP contribution is -2.22. The van der Waals surface area contributed by atoms with E-state index in [1.54, 1.807) is 14.2 Å². The van der Waals surface area contributed by atoms with Crippen LogP contribution in [0.5, 0.6) is 11.5 Å². The summed E-state index contributed by atoms with van der Waals surface area (Å²) in [5, 5.41) is 3.13. The molecule has 134 valence electrons. The summed E-state index contributed by atoms with van der Waals surface area (Å²) in [6.07, 6.45) is 0. The van der Waals surface area contributed by atoms with Crippen molar-refractivity contribution >= 4 is 27.6 Å². The van der Waals surface area contributed by atoms with E-state index < -0.39 is 0 Å². The molecule has 0 aliphatic heterocycles. The molecule has 25 heavy (non-hydrogen) atoms. The molecule has 0 amide bonds. The maximum atomic E-state index is 6.02. The summed E-state index contributed by atoms with van der Waals surface area (Å²) in [7, 11) is 3.21. The predicted octanol–water partition coefficient (Wildman–Crippen LogP) is 4.52. The average molecular weight is 406 g/mol. The van der Waals surface area contributed by atoms with Gasteiger partial charge in [0.05, 0.1) is 20.8 Å². The van der Waals surface area contributed by atoms with Gasteiger partial charge in [-0.15, -0.1) is 0 Å². The lowest BCUT2D eigenvalue weighted by atomic mass is 10.0. The molecule has 0 aliphatic carbocycles. The van der Waals surface area contributed by atoms with Crippen LogP contribution in [0.15, 0.2) is 45.9 Å². The standard InChI is InChI=1S/C19H24BrN3O2/c1-12(2)13-6-5-7-15(8-13)23-19(21)22-11-14-9-17(24-3)18(25-4)10-16(14)20/h5-10,12H,11H2,1-4H3,(H3,21,22,23). The molecule has 0 heterocycles. The first-order valence-electron chi connectivity index (χ1n) is 8.02.